The first kappa shape index (κ1) is 7.79. The quantitative estimate of drug-likeness (QED) is 0.506. The van der Waals surface area contributed by atoms with Crippen LogP contribution in [0.4, 0.5) is 11.4 Å². The third-order valence-corrected chi connectivity index (χ3v) is 1.69. The average Bonchev–Trinajstić information content (AvgIpc) is 2.04. The summed E-state index contributed by atoms with van der Waals surface area (Å²) in [5.41, 5.74) is 8.36. The van der Waals surface area contributed by atoms with Crippen molar-refractivity contribution in [3.05, 3.63) is 23.8 Å². The van der Waals surface area contributed by atoms with Gasteiger partial charge in [-0.25, -0.2) is 0 Å². The molecule has 58 valence electrons. The highest BCUT2D eigenvalue weighted by Crippen LogP contribution is 2.25. The van der Waals surface area contributed by atoms with Gasteiger partial charge in [0.15, 0.2) is 0 Å². The first-order valence-corrected chi connectivity index (χ1v) is 3.63. The summed E-state index contributed by atoms with van der Waals surface area (Å²) in [6.45, 7) is 5.54. The number of nitrogens with two attached hydrogens (primary N) is 1. The van der Waals surface area contributed by atoms with Gasteiger partial charge in [-0.1, -0.05) is 19.1 Å². The lowest BCUT2D eigenvalue weighted by atomic mass is 10.1. The minimum Gasteiger partial charge on any atom is -0.397 e. The van der Waals surface area contributed by atoms with Gasteiger partial charge in [-0.15, -0.1) is 0 Å². The zero-order chi connectivity index (χ0) is 8.27. The summed E-state index contributed by atoms with van der Waals surface area (Å²) in [6.07, 6.45) is 0.944. The molecule has 0 radical (unpaired) electrons. The molecule has 0 fully saturated rings. The van der Waals surface area contributed by atoms with Crippen LogP contribution in [-0.2, 0) is 6.42 Å². The van der Waals surface area contributed by atoms with Crippen LogP contribution in [-0.4, -0.2) is 6.72 Å². The Morgan fingerprint density at radius 1 is 1.55 bits per heavy atom. The van der Waals surface area contributed by atoms with Gasteiger partial charge in [0.2, 0.25) is 0 Å². The zero-order valence-electron chi connectivity index (χ0n) is 6.67. The number of para-hydroxylation sites is 1. The number of nitrogen functional groups attached to an aromatic ring is 1. The molecular formula is C9H12N2. The number of aliphatic imine (C=N–C) groups is 1. The van der Waals surface area contributed by atoms with Crippen molar-refractivity contribution in [1.82, 2.24) is 0 Å². The van der Waals surface area contributed by atoms with E-state index >= 15 is 0 Å². The number of rotatable bonds is 2. The lowest BCUT2D eigenvalue weighted by Crippen LogP contribution is -1.88. The lowest BCUT2D eigenvalue weighted by Gasteiger charge is -2.04. The molecule has 11 heavy (non-hydrogen) atoms. The molecule has 0 amide bonds. The van der Waals surface area contributed by atoms with Crippen LogP contribution in [0.15, 0.2) is 23.2 Å². The van der Waals surface area contributed by atoms with Crippen molar-refractivity contribution in [1.29, 1.82) is 0 Å². The van der Waals surface area contributed by atoms with Gasteiger partial charge in [-0.3, -0.25) is 4.99 Å². The second-order valence-corrected chi connectivity index (χ2v) is 2.37. The highest BCUT2D eigenvalue weighted by atomic mass is 14.8. The average molecular weight is 148 g/mol. The molecule has 2 N–H and O–H groups in total. The summed E-state index contributed by atoms with van der Waals surface area (Å²) in [6, 6.07) is 5.78. The Labute approximate surface area is 66.8 Å². The summed E-state index contributed by atoms with van der Waals surface area (Å²) in [4.78, 5) is 3.87. The first-order valence-electron chi connectivity index (χ1n) is 3.63. The predicted octanol–water partition coefficient (Wildman–Crippen LogP) is 2.16. The van der Waals surface area contributed by atoms with E-state index < -0.39 is 0 Å². The Morgan fingerprint density at radius 2 is 2.27 bits per heavy atom. The van der Waals surface area contributed by atoms with Crippen molar-refractivity contribution >= 4 is 18.1 Å². The van der Waals surface area contributed by atoms with E-state index in [1.54, 1.807) is 0 Å². The highest BCUT2D eigenvalue weighted by molar-refractivity contribution is 5.68. The molecule has 0 aliphatic carbocycles. The van der Waals surface area contributed by atoms with Gasteiger partial charge in [0.25, 0.3) is 0 Å². The second-order valence-electron chi connectivity index (χ2n) is 2.37. The maximum Gasteiger partial charge on any atom is 0.0883 e. The van der Waals surface area contributed by atoms with Crippen LogP contribution in [0.25, 0.3) is 0 Å². The van der Waals surface area contributed by atoms with E-state index in [1.165, 1.54) is 0 Å². The Hall–Kier alpha value is -1.31. The van der Waals surface area contributed by atoms with Crippen LogP contribution < -0.4 is 5.73 Å². The highest BCUT2D eigenvalue weighted by Gasteiger charge is 2.00. The molecule has 1 aromatic carbocycles. The van der Waals surface area contributed by atoms with Crippen molar-refractivity contribution in [2.45, 2.75) is 13.3 Å². The fraction of sp³-hybridized carbons (Fsp3) is 0.222. The number of aryl methyl sites for hydroxylation is 1. The number of hydrogen-bond acceptors (Lipinski definition) is 2. The smallest absolute Gasteiger partial charge is 0.0883 e. The topological polar surface area (TPSA) is 38.4 Å². The second kappa shape index (κ2) is 3.19. The van der Waals surface area contributed by atoms with E-state index in [-0.39, 0.29) is 0 Å². The van der Waals surface area contributed by atoms with E-state index in [0.29, 0.717) is 5.69 Å². The van der Waals surface area contributed by atoms with Gasteiger partial charge in [0.1, 0.15) is 0 Å². The van der Waals surface area contributed by atoms with Crippen molar-refractivity contribution in [3.8, 4) is 0 Å². The summed E-state index contributed by atoms with van der Waals surface area (Å²) >= 11 is 0. The maximum absolute atomic E-state index is 5.67. The molecule has 0 aromatic heterocycles. The monoisotopic (exact) mass is 148 g/mol. The molecule has 0 saturated carbocycles. The Kier molecular flexibility index (Phi) is 2.26. The van der Waals surface area contributed by atoms with Gasteiger partial charge in [0, 0.05) is 0 Å². The van der Waals surface area contributed by atoms with Crippen LogP contribution in [0, 0.1) is 0 Å². The van der Waals surface area contributed by atoms with Gasteiger partial charge < -0.3 is 5.73 Å². The van der Waals surface area contributed by atoms with E-state index in [2.05, 4.69) is 18.6 Å². The normalized spacial score (nSPS) is 9.55. The SMILES string of the molecule is C=Nc1c(N)cccc1CC. The third-order valence-electron chi connectivity index (χ3n) is 1.69. The van der Waals surface area contributed by atoms with Gasteiger partial charge in [-0.05, 0) is 24.8 Å². The van der Waals surface area contributed by atoms with E-state index in [1.807, 2.05) is 18.2 Å². The van der Waals surface area contributed by atoms with Crippen LogP contribution in [0.2, 0.25) is 0 Å². The first-order chi connectivity index (χ1) is 5.29. The van der Waals surface area contributed by atoms with E-state index in [0.717, 1.165) is 17.7 Å². The zero-order valence-corrected chi connectivity index (χ0v) is 6.67. The van der Waals surface area contributed by atoms with Crippen LogP contribution >= 0.6 is 0 Å². The van der Waals surface area contributed by atoms with Gasteiger partial charge in [-0.2, -0.15) is 0 Å². The molecule has 0 aliphatic rings. The number of benzene rings is 1. The van der Waals surface area contributed by atoms with Crippen molar-refractivity contribution in [3.63, 3.8) is 0 Å². The van der Waals surface area contributed by atoms with Crippen LogP contribution in [0.5, 0.6) is 0 Å². The van der Waals surface area contributed by atoms with Crippen molar-refractivity contribution < 1.29 is 0 Å². The molecule has 2 heteroatoms. The Morgan fingerprint density at radius 3 is 2.73 bits per heavy atom. The summed E-state index contributed by atoms with van der Waals surface area (Å²) in [5.74, 6) is 0. The number of hydrogen-bond donors (Lipinski definition) is 1. The standard InChI is InChI=1S/C9H12N2/c1-3-7-5-4-6-8(10)9(7)11-2/h4-6H,2-3,10H2,1H3. The summed E-state index contributed by atoms with van der Waals surface area (Å²) in [7, 11) is 0. The van der Waals surface area contributed by atoms with Crippen molar-refractivity contribution in [2.24, 2.45) is 4.99 Å². The van der Waals surface area contributed by atoms with Crippen molar-refractivity contribution in [2.75, 3.05) is 5.73 Å². The molecule has 1 rings (SSSR count). The predicted molar refractivity (Wildman–Crippen MR) is 49.4 cm³/mol. The lowest BCUT2D eigenvalue weighted by molar-refractivity contribution is 1.14. The fourth-order valence-corrected chi connectivity index (χ4v) is 1.09. The molecule has 0 atom stereocenters. The van der Waals surface area contributed by atoms with Crippen LogP contribution in [0.1, 0.15) is 12.5 Å². The maximum atomic E-state index is 5.67. The Bertz CT molecular complexity index is 266. The van der Waals surface area contributed by atoms with Gasteiger partial charge in [0.05, 0.1) is 11.4 Å². The third kappa shape index (κ3) is 1.40. The van der Waals surface area contributed by atoms with Gasteiger partial charge >= 0.3 is 0 Å². The molecule has 2 nitrogen and oxygen atoms in total. The molecular weight excluding hydrogens is 136 g/mol. The molecule has 0 spiro atoms. The minimum absolute atomic E-state index is 0.708. The minimum atomic E-state index is 0.708. The largest absolute Gasteiger partial charge is 0.397 e. The Balaban J connectivity index is 3.24. The summed E-state index contributed by atoms with van der Waals surface area (Å²) in [5, 5.41) is 0. The van der Waals surface area contributed by atoms with E-state index in [4.69, 9.17) is 5.73 Å². The molecule has 1 aromatic rings. The number of nitrogens with zero attached hydrogens (tertiary/aromatic N) is 1. The number of anilines is 1. The summed E-state index contributed by atoms with van der Waals surface area (Å²) < 4.78 is 0. The molecule has 0 bridgehead atoms. The molecule has 0 unspecified atom stereocenters. The fourth-order valence-electron chi connectivity index (χ4n) is 1.09. The molecule has 0 heterocycles. The van der Waals surface area contributed by atoms with E-state index in [9.17, 15) is 0 Å². The molecule has 0 aliphatic heterocycles. The van der Waals surface area contributed by atoms with Crippen LogP contribution in [0.3, 0.4) is 0 Å². The molecule has 0 saturated heterocycles.